The van der Waals surface area contributed by atoms with Crippen molar-refractivity contribution in [3.8, 4) is 0 Å². The molecule has 0 aliphatic rings. The van der Waals surface area contributed by atoms with Crippen LogP contribution >= 0.6 is 31.9 Å². The summed E-state index contributed by atoms with van der Waals surface area (Å²) in [5.41, 5.74) is 8.16. The normalized spacial score (nSPS) is 11.4. The number of nitrogens with one attached hydrogen (secondary N) is 1. The van der Waals surface area contributed by atoms with Crippen LogP contribution in [0.25, 0.3) is 0 Å². The Kier molecular flexibility index (Phi) is 4.65. The molecule has 3 N–H and O–H groups in total. The first-order valence-electron chi connectivity index (χ1n) is 6.05. The molecule has 2 rings (SSSR count). The summed E-state index contributed by atoms with van der Waals surface area (Å²) in [5.74, 6) is 0. The monoisotopic (exact) mass is 432 g/mol. The molecule has 0 aromatic heterocycles. The highest BCUT2D eigenvalue weighted by atomic mass is 79.9. The molecule has 0 aliphatic heterocycles. The Labute approximate surface area is 141 Å². The third-order valence-electron chi connectivity index (χ3n) is 3.03. The van der Waals surface area contributed by atoms with Crippen LogP contribution in [0, 0.1) is 13.8 Å². The predicted octanol–water partition coefficient (Wildman–Crippen LogP) is 4.21. The molecule has 0 amide bonds. The van der Waals surface area contributed by atoms with E-state index >= 15 is 0 Å². The SMILES string of the molecule is Cc1ccc(Br)cc1NS(=O)(=O)c1cc(N)c(Br)cc1C. The number of nitrogens with two attached hydrogens (primary N) is 1. The maximum absolute atomic E-state index is 12.6. The van der Waals surface area contributed by atoms with Gasteiger partial charge in [-0.3, -0.25) is 4.72 Å². The van der Waals surface area contributed by atoms with E-state index in [4.69, 9.17) is 5.73 Å². The second-order valence-corrected chi connectivity index (χ2v) is 8.12. The molecule has 0 unspecified atom stereocenters. The Morgan fingerprint density at radius 2 is 1.71 bits per heavy atom. The average molecular weight is 434 g/mol. The number of hydrogen-bond donors (Lipinski definition) is 2. The molecule has 0 saturated carbocycles. The molecular formula is C14H14Br2N2O2S. The van der Waals surface area contributed by atoms with Gasteiger partial charge < -0.3 is 5.73 Å². The minimum atomic E-state index is -3.69. The summed E-state index contributed by atoms with van der Waals surface area (Å²) in [6.07, 6.45) is 0. The number of hydrogen-bond acceptors (Lipinski definition) is 3. The first kappa shape index (κ1) is 16.3. The zero-order chi connectivity index (χ0) is 15.8. The van der Waals surface area contributed by atoms with Crippen LogP contribution in [-0.2, 0) is 10.0 Å². The van der Waals surface area contributed by atoms with E-state index in [9.17, 15) is 8.42 Å². The Morgan fingerprint density at radius 1 is 1.05 bits per heavy atom. The summed E-state index contributed by atoms with van der Waals surface area (Å²) < 4.78 is 29.2. The number of aryl methyl sites for hydroxylation is 2. The number of nitrogen functional groups attached to an aromatic ring is 1. The van der Waals surface area contributed by atoms with E-state index in [1.54, 1.807) is 19.1 Å². The van der Waals surface area contributed by atoms with E-state index in [1.165, 1.54) is 6.07 Å². The highest BCUT2D eigenvalue weighted by Gasteiger charge is 2.19. The van der Waals surface area contributed by atoms with Crippen LogP contribution in [0.15, 0.2) is 44.2 Å². The highest BCUT2D eigenvalue weighted by molar-refractivity contribution is 9.10. The topological polar surface area (TPSA) is 72.2 Å². The van der Waals surface area contributed by atoms with Gasteiger partial charge in [0.1, 0.15) is 0 Å². The van der Waals surface area contributed by atoms with Gasteiger partial charge in [-0.1, -0.05) is 22.0 Å². The smallest absolute Gasteiger partial charge is 0.262 e. The molecule has 0 atom stereocenters. The Morgan fingerprint density at radius 3 is 2.38 bits per heavy atom. The van der Waals surface area contributed by atoms with Crippen molar-refractivity contribution in [3.05, 3.63) is 50.4 Å². The zero-order valence-electron chi connectivity index (χ0n) is 11.4. The van der Waals surface area contributed by atoms with Crippen molar-refractivity contribution in [2.75, 3.05) is 10.5 Å². The Hall–Kier alpha value is -1.05. The molecule has 21 heavy (non-hydrogen) atoms. The first-order chi connectivity index (χ1) is 9.70. The molecule has 0 saturated heterocycles. The number of sulfonamides is 1. The lowest BCUT2D eigenvalue weighted by molar-refractivity contribution is 0.600. The van der Waals surface area contributed by atoms with Crippen molar-refractivity contribution in [3.63, 3.8) is 0 Å². The summed E-state index contributed by atoms with van der Waals surface area (Å²) in [4.78, 5) is 0.169. The molecule has 4 nitrogen and oxygen atoms in total. The third kappa shape index (κ3) is 3.59. The molecule has 0 bridgehead atoms. The van der Waals surface area contributed by atoms with Crippen molar-refractivity contribution in [2.24, 2.45) is 0 Å². The average Bonchev–Trinajstić information content (AvgIpc) is 2.37. The molecule has 0 fully saturated rings. The standard InChI is InChI=1S/C14H14Br2N2O2S/c1-8-3-4-10(15)6-13(8)18-21(19,20)14-7-12(17)11(16)5-9(14)2/h3-7,18H,17H2,1-2H3. The van der Waals surface area contributed by atoms with Crippen LogP contribution in [0.4, 0.5) is 11.4 Å². The Bertz CT molecular complexity index is 805. The lowest BCUT2D eigenvalue weighted by Crippen LogP contribution is -2.15. The third-order valence-corrected chi connectivity index (χ3v) is 5.72. The molecule has 0 radical (unpaired) electrons. The number of halogens is 2. The zero-order valence-corrected chi connectivity index (χ0v) is 15.4. The maximum atomic E-state index is 12.6. The predicted molar refractivity (Wildman–Crippen MR) is 93.0 cm³/mol. The van der Waals surface area contributed by atoms with Gasteiger partial charge in [-0.2, -0.15) is 0 Å². The lowest BCUT2D eigenvalue weighted by atomic mass is 10.2. The van der Waals surface area contributed by atoms with E-state index < -0.39 is 10.0 Å². The quantitative estimate of drug-likeness (QED) is 0.712. The summed E-state index contributed by atoms with van der Waals surface area (Å²) in [6, 6.07) is 8.57. The van der Waals surface area contributed by atoms with Gasteiger partial charge in [-0.25, -0.2) is 8.42 Å². The van der Waals surface area contributed by atoms with Crippen LogP contribution in [0.3, 0.4) is 0 Å². The van der Waals surface area contributed by atoms with Crippen LogP contribution in [0.2, 0.25) is 0 Å². The largest absolute Gasteiger partial charge is 0.398 e. The van der Waals surface area contributed by atoms with Gasteiger partial charge in [0, 0.05) is 14.6 Å². The van der Waals surface area contributed by atoms with Gasteiger partial charge in [0.05, 0.1) is 10.6 Å². The van der Waals surface area contributed by atoms with Gasteiger partial charge in [-0.15, -0.1) is 0 Å². The lowest BCUT2D eigenvalue weighted by Gasteiger charge is -2.14. The summed E-state index contributed by atoms with van der Waals surface area (Å²) in [5, 5.41) is 0. The van der Waals surface area contributed by atoms with E-state index in [-0.39, 0.29) is 4.90 Å². The van der Waals surface area contributed by atoms with Crippen molar-refractivity contribution in [1.29, 1.82) is 0 Å². The van der Waals surface area contributed by atoms with Gasteiger partial charge >= 0.3 is 0 Å². The van der Waals surface area contributed by atoms with Gasteiger partial charge in [-0.05, 0) is 65.2 Å². The molecule has 2 aromatic rings. The fraction of sp³-hybridized carbons (Fsp3) is 0.143. The van der Waals surface area contributed by atoms with Crippen LogP contribution < -0.4 is 10.5 Å². The van der Waals surface area contributed by atoms with Gasteiger partial charge in [0.2, 0.25) is 0 Å². The van der Waals surface area contributed by atoms with Crippen LogP contribution in [0.1, 0.15) is 11.1 Å². The molecular weight excluding hydrogens is 420 g/mol. The minimum absolute atomic E-state index is 0.169. The first-order valence-corrected chi connectivity index (χ1v) is 9.12. The maximum Gasteiger partial charge on any atom is 0.262 e. The van der Waals surface area contributed by atoms with E-state index in [1.807, 2.05) is 19.1 Å². The van der Waals surface area contributed by atoms with E-state index in [0.29, 0.717) is 21.4 Å². The minimum Gasteiger partial charge on any atom is -0.398 e. The van der Waals surface area contributed by atoms with Crippen LogP contribution in [0.5, 0.6) is 0 Å². The summed E-state index contributed by atoms with van der Waals surface area (Å²) >= 11 is 6.62. The molecule has 7 heteroatoms. The second-order valence-electron chi connectivity index (χ2n) is 4.70. The molecule has 112 valence electrons. The summed E-state index contributed by atoms with van der Waals surface area (Å²) in [7, 11) is -3.69. The molecule has 0 aliphatic carbocycles. The molecule has 0 heterocycles. The number of rotatable bonds is 3. The second kappa shape index (κ2) is 5.98. The van der Waals surface area contributed by atoms with Crippen molar-refractivity contribution in [1.82, 2.24) is 0 Å². The van der Waals surface area contributed by atoms with E-state index in [0.717, 1.165) is 10.0 Å². The molecule has 0 spiro atoms. The molecule has 2 aromatic carbocycles. The number of anilines is 2. The van der Waals surface area contributed by atoms with Gasteiger partial charge in [0.25, 0.3) is 10.0 Å². The Balaban J connectivity index is 2.48. The van der Waals surface area contributed by atoms with Crippen molar-refractivity contribution in [2.45, 2.75) is 18.7 Å². The van der Waals surface area contributed by atoms with Crippen molar-refractivity contribution < 1.29 is 8.42 Å². The highest BCUT2D eigenvalue weighted by Crippen LogP contribution is 2.29. The van der Waals surface area contributed by atoms with Gasteiger partial charge in [0.15, 0.2) is 0 Å². The van der Waals surface area contributed by atoms with E-state index in [2.05, 4.69) is 36.6 Å². The fourth-order valence-corrected chi connectivity index (χ4v) is 4.07. The van der Waals surface area contributed by atoms with Crippen LogP contribution in [-0.4, -0.2) is 8.42 Å². The fourth-order valence-electron chi connectivity index (χ4n) is 1.86. The summed E-state index contributed by atoms with van der Waals surface area (Å²) in [6.45, 7) is 3.57. The van der Waals surface area contributed by atoms with Crippen molar-refractivity contribution >= 4 is 53.3 Å². The number of benzene rings is 2.